The molecule has 6 heteroatoms. The van der Waals surface area contributed by atoms with Gasteiger partial charge in [0, 0.05) is 43.8 Å². The summed E-state index contributed by atoms with van der Waals surface area (Å²) in [6, 6.07) is 7.16. The van der Waals surface area contributed by atoms with Crippen molar-refractivity contribution >= 4 is 28.5 Å². The van der Waals surface area contributed by atoms with Crippen molar-refractivity contribution in [2.24, 2.45) is 5.92 Å². The van der Waals surface area contributed by atoms with Crippen LogP contribution in [0, 0.1) is 5.92 Å². The number of amides is 1. The van der Waals surface area contributed by atoms with E-state index in [2.05, 4.69) is 0 Å². The van der Waals surface area contributed by atoms with Crippen molar-refractivity contribution in [3.63, 3.8) is 0 Å². The predicted molar refractivity (Wildman–Crippen MR) is 99.6 cm³/mol. The Morgan fingerprint density at radius 2 is 2.15 bits per heavy atom. The zero-order chi connectivity index (χ0) is 18.1. The largest absolute Gasteiger partial charge is 0.451 e. The van der Waals surface area contributed by atoms with Crippen molar-refractivity contribution in [3.8, 4) is 0 Å². The fourth-order valence-corrected chi connectivity index (χ4v) is 4.55. The highest BCUT2D eigenvalue weighted by Gasteiger charge is 2.46. The van der Waals surface area contributed by atoms with E-state index in [1.54, 1.807) is 25.3 Å². The van der Waals surface area contributed by atoms with Gasteiger partial charge in [-0.3, -0.25) is 4.79 Å². The number of likely N-dealkylation sites (tertiary alicyclic amines) is 1. The molecule has 1 aromatic carbocycles. The van der Waals surface area contributed by atoms with Gasteiger partial charge in [0.1, 0.15) is 5.58 Å². The lowest BCUT2D eigenvalue weighted by atomic mass is 9.78. The minimum Gasteiger partial charge on any atom is -0.451 e. The van der Waals surface area contributed by atoms with E-state index in [4.69, 9.17) is 25.5 Å². The van der Waals surface area contributed by atoms with E-state index >= 15 is 0 Å². The molecule has 0 bridgehead atoms. The molecule has 2 saturated heterocycles. The fraction of sp³-hybridized carbons (Fsp3) is 0.550. The van der Waals surface area contributed by atoms with Gasteiger partial charge < -0.3 is 18.8 Å². The third-order valence-corrected chi connectivity index (χ3v) is 6.09. The number of piperidine rings is 1. The molecule has 5 nitrogen and oxygen atoms in total. The standard InChI is InChI=1S/C20H24ClNO4/c1-24-10-4-15-5-11-25-20(15)6-8-22(9-7-20)19(23)18-13-14-12-16(21)2-3-17(14)26-18/h2-3,12-13,15H,4-11H2,1H3/t15-/m1/s1. The number of hydrogen-bond donors (Lipinski definition) is 0. The second kappa shape index (κ2) is 7.22. The summed E-state index contributed by atoms with van der Waals surface area (Å²) in [7, 11) is 1.74. The Bertz CT molecular complexity index is 794. The summed E-state index contributed by atoms with van der Waals surface area (Å²) in [5, 5.41) is 1.49. The SMILES string of the molecule is COCC[C@@H]1CCOC12CCN(C(=O)c1cc3cc(Cl)ccc3o1)CC2. The quantitative estimate of drug-likeness (QED) is 0.803. The zero-order valence-electron chi connectivity index (χ0n) is 15.0. The van der Waals surface area contributed by atoms with Gasteiger partial charge in [-0.2, -0.15) is 0 Å². The summed E-state index contributed by atoms with van der Waals surface area (Å²) in [5.74, 6) is 0.841. The van der Waals surface area contributed by atoms with Crippen molar-refractivity contribution in [1.82, 2.24) is 4.90 Å². The highest BCUT2D eigenvalue weighted by atomic mass is 35.5. The Morgan fingerprint density at radius 1 is 1.35 bits per heavy atom. The van der Waals surface area contributed by atoms with Gasteiger partial charge >= 0.3 is 0 Å². The maximum absolute atomic E-state index is 12.8. The minimum atomic E-state index is -0.0866. The first-order chi connectivity index (χ1) is 12.6. The number of carbonyl (C=O) groups excluding carboxylic acids is 1. The van der Waals surface area contributed by atoms with Crippen LogP contribution in [0.3, 0.4) is 0 Å². The van der Waals surface area contributed by atoms with Crippen molar-refractivity contribution < 1.29 is 18.7 Å². The molecular weight excluding hydrogens is 354 g/mol. The predicted octanol–water partition coefficient (Wildman–Crippen LogP) is 4.13. The maximum atomic E-state index is 12.8. The van der Waals surface area contributed by atoms with Crippen LogP contribution >= 0.6 is 11.6 Å². The number of hydrogen-bond acceptors (Lipinski definition) is 4. The Morgan fingerprint density at radius 3 is 2.92 bits per heavy atom. The molecule has 1 amide bonds. The number of methoxy groups -OCH3 is 1. The lowest BCUT2D eigenvalue weighted by Gasteiger charge is -2.42. The first kappa shape index (κ1) is 17.8. The molecule has 26 heavy (non-hydrogen) atoms. The Hall–Kier alpha value is -1.56. The van der Waals surface area contributed by atoms with Crippen molar-refractivity contribution in [1.29, 1.82) is 0 Å². The van der Waals surface area contributed by atoms with E-state index in [1.807, 2.05) is 11.0 Å². The molecule has 2 aliphatic rings. The monoisotopic (exact) mass is 377 g/mol. The molecule has 1 spiro atoms. The van der Waals surface area contributed by atoms with Gasteiger partial charge in [-0.15, -0.1) is 0 Å². The molecule has 2 aliphatic heterocycles. The number of nitrogens with zero attached hydrogens (tertiary/aromatic N) is 1. The second-order valence-electron chi connectivity index (χ2n) is 7.27. The molecule has 4 rings (SSSR count). The summed E-state index contributed by atoms with van der Waals surface area (Å²) in [4.78, 5) is 14.7. The average Bonchev–Trinajstić information content (AvgIpc) is 3.24. The molecule has 3 heterocycles. The molecule has 1 aromatic heterocycles. The third-order valence-electron chi connectivity index (χ3n) is 5.86. The molecular formula is C20H24ClNO4. The van der Waals surface area contributed by atoms with Crippen LogP contribution in [0.25, 0.3) is 11.0 Å². The number of halogens is 1. The van der Waals surface area contributed by atoms with Crippen LogP contribution in [0.4, 0.5) is 0 Å². The van der Waals surface area contributed by atoms with Crippen LogP contribution in [0.1, 0.15) is 36.2 Å². The third kappa shape index (κ3) is 3.24. The number of carbonyl (C=O) groups is 1. The van der Waals surface area contributed by atoms with Crippen LogP contribution < -0.4 is 0 Å². The fourth-order valence-electron chi connectivity index (χ4n) is 4.37. The molecule has 0 unspecified atom stereocenters. The number of furan rings is 1. The normalized spacial score (nSPS) is 22.4. The van der Waals surface area contributed by atoms with E-state index in [0.717, 1.165) is 44.3 Å². The Kier molecular flexibility index (Phi) is 4.95. The van der Waals surface area contributed by atoms with E-state index in [0.29, 0.717) is 35.4 Å². The molecule has 0 N–H and O–H groups in total. The smallest absolute Gasteiger partial charge is 0.289 e. The number of benzene rings is 1. The number of fused-ring (bicyclic) bond motifs is 1. The van der Waals surface area contributed by atoms with E-state index in [9.17, 15) is 4.79 Å². The van der Waals surface area contributed by atoms with Crippen LogP contribution in [0.5, 0.6) is 0 Å². The Balaban J connectivity index is 1.44. The second-order valence-corrected chi connectivity index (χ2v) is 7.70. The summed E-state index contributed by atoms with van der Waals surface area (Å²) in [5.41, 5.74) is 0.599. The molecule has 2 aromatic rings. The van der Waals surface area contributed by atoms with Crippen molar-refractivity contribution in [2.45, 2.75) is 31.3 Å². The van der Waals surface area contributed by atoms with Gasteiger partial charge in [-0.1, -0.05) is 11.6 Å². The molecule has 2 fully saturated rings. The highest BCUT2D eigenvalue weighted by molar-refractivity contribution is 6.31. The van der Waals surface area contributed by atoms with Crippen LogP contribution in [0.15, 0.2) is 28.7 Å². The van der Waals surface area contributed by atoms with Crippen LogP contribution in [-0.4, -0.2) is 49.8 Å². The lowest BCUT2D eigenvalue weighted by molar-refractivity contribution is -0.0664. The van der Waals surface area contributed by atoms with Crippen molar-refractivity contribution in [2.75, 3.05) is 33.4 Å². The Labute approximate surface area is 158 Å². The van der Waals surface area contributed by atoms with Gasteiger partial charge in [0.05, 0.1) is 5.60 Å². The van der Waals surface area contributed by atoms with Crippen molar-refractivity contribution in [3.05, 3.63) is 35.0 Å². The molecule has 0 saturated carbocycles. The molecule has 0 radical (unpaired) electrons. The van der Waals surface area contributed by atoms with E-state index in [1.165, 1.54) is 0 Å². The lowest BCUT2D eigenvalue weighted by Crippen LogP contribution is -2.49. The van der Waals surface area contributed by atoms with Gasteiger partial charge in [-0.25, -0.2) is 0 Å². The van der Waals surface area contributed by atoms with Crippen LogP contribution in [0.2, 0.25) is 5.02 Å². The van der Waals surface area contributed by atoms with Gasteiger partial charge in [0.25, 0.3) is 5.91 Å². The zero-order valence-corrected chi connectivity index (χ0v) is 15.8. The van der Waals surface area contributed by atoms with Gasteiger partial charge in [0.15, 0.2) is 5.76 Å². The maximum Gasteiger partial charge on any atom is 0.289 e. The van der Waals surface area contributed by atoms with E-state index < -0.39 is 0 Å². The van der Waals surface area contributed by atoms with Gasteiger partial charge in [0.2, 0.25) is 0 Å². The molecule has 0 aliphatic carbocycles. The topological polar surface area (TPSA) is 51.9 Å². The van der Waals surface area contributed by atoms with Crippen LogP contribution in [-0.2, 0) is 9.47 Å². The van der Waals surface area contributed by atoms with E-state index in [-0.39, 0.29) is 11.5 Å². The molecule has 1 atom stereocenters. The first-order valence-corrected chi connectivity index (χ1v) is 9.60. The minimum absolute atomic E-state index is 0.0568. The first-order valence-electron chi connectivity index (χ1n) is 9.22. The average molecular weight is 378 g/mol. The van der Waals surface area contributed by atoms with Gasteiger partial charge in [-0.05, 0) is 55.9 Å². The summed E-state index contributed by atoms with van der Waals surface area (Å²) in [6.45, 7) is 2.97. The summed E-state index contributed by atoms with van der Waals surface area (Å²) >= 11 is 6.02. The molecule has 140 valence electrons. The number of ether oxygens (including phenoxy) is 2. The summed E-state index contributed by atoms with van der Waals surface area (Å²) in [6.07, 6.45) is 3.86. The number of rotatable bonds is 4. The highest BCUT2D eigenvalue weighted by Crippen LogP contribution is 2.42. The summed E-state index contributed by atoms with van der Waals surface area (Å²) < 4.78 is 17.1.